The molecule has 1 aromatic heterocycles. The minimum atomic E-state index is -0.194. The number of piperazine rings is 1. The molecular weight excluding hydrogens is 354 g/mol. The highest BCUT2D eigenvalue weighted by atomic mass is 16.2. The van der Waals surface area contributed by atoms with Gasteiger partial charge in [0.2, 0.25) is 5.91 Å². The molecular formula is C21H29N5O2. The molecule has 0 bridgehead atoms. The number of nitrogens with zero attached hydrogens (tertiary/aromatic N) is 5. The van der Waals surface area contributed by atoms with E-state index in [1.165, 1.54) is 12.8 Å². The molecule has 1 atom stereocenters. The number of rotatable bonds is 3. The lowest BCUT2D eigenvalue weighted by molar-refractivity contribution is -0.134. The van der Waals surface area contributed by atoms with Gasteiger partial charge in [0.05, 0.1) is 0 Å². The maximum Gasteiger partial charge on any atom is 0.253 e. The number of piperidine rings is 1. The molecule has 28 heavy (non-hydrogen) atoms. The highest BCUT2D eigenvalue weighted by Crippen LogP contribution is 2.44. The van der Waals surface area contributed by atoms with Crippen molar-refractivity contribution >= 4 is 11.8 Å². The number of fused-ring (bicyclic) bond motifs is 2. The zero-order valence-electron chi connectivity index (χ0n) is 16.6. The Labute approximate surface area is 166 Å². The first-order valence-corrected chi connectivity index (χ1v) is 10.5. The molecule has 1 saturated carbocycles. The highest BCUT2D eigenvalue weighted by molar-refractivity contribution is 5.94. The van der Waals surface area contributed by atoms with Crippen LogP contribution in [0.3, 0.4) is 0 Å². The third kappa shape index (κ3) is 2.92. The monoisotopic (exact) mass is 383 g/mol. The van der Waals surface area contributed by atoms with Crippen LogP contribution in [0.15, 0.2) is 24.5 Å². The Morgan fingerprint density at radius 1 is 1.14 bits per heavy atom. The first-order valence-electron chi connectivity index (χ1n) is 10.5. The maximum absolute atomic E-state index is 13.3. The molecule has 7 nitrogen and oxygen atoms in total. The molecule has 0 unspecified atom stereocenters. The van der Waals surface area contributed by atoms with Crippen molar-refractivity contribution in [3.63, 3.8) is 0 Å². The predicted octanol–water partition coefficient (Wildman–Crippen LogP) is 0.882. The summed E-state index contributed by atoms with van der Waals surface area (Å²) in [6, 6.07) is 3.54. The molecule has 3 aliphatic heterocycles. The highest BCUT2D eigenvalue weighted by Gasteiger charge is 2.59. The van der Waals surface area contributed by atoms with Crippen LogP contribution < -0.4 is 0 Å². The maximum atomic E-state index is 13.3. The summed E-state index contributed by atoms with van der Waals surface area (Å²) in [5.41, 5.74) is 0.501. The fourth-order valence-electron chi connectivity index (χ4n) is 5.29. The SMILES string of the molecule is CN1CCN2[C@H](C1)C(=O)N(CC1CC1)C21CCN(C(=O)c2ccncc2)CC1. The van der Waals surface area contributed by atoms with Gasteiger partial charge in [-0.05, 0) is 37.9 Å². The average molecular weight is 383 g/mol. The molecule has 0 N–H and O–H groups in total. The Morgan fingerprint density at radius 2 is 1.86 bits per heavy atom. The summed E-state index contributed by atoms with van der Waals surface area (Å²) in [4.78, 5) is 39.1. The van der Waals surface area contributed by atoms with E-state index in [1.807, 2.05) is 4.90 Å². The van der Waals surface area contributed by atoms with E-state index >= 15 is 0 Å². The third-order valence-corrected chi connectivity index (χ3v) is 7.09. The summed E-state index contributed by atoms with van der Waals surface area (Å²) in [7, 11) is 2.11. The van der Waals surface area contributed by atoms with Gasteiger partial charge in [-0.2, -0.15) is 0 Å². The quantitative estimate of drug-likeness (QED) is 0.776. The number of carbonyl (C=O) groups is 2. The second-order valence-corrected chi connectivity index (χ2v) is 8.87. The number of likely N-dealkylation sites (tertiary alicyclic amines) is 1. The van der Waals surface area contributed by atoms with Crippen molar-refractivity contribution in [3.8, 4) is 0 Å². The molecule has 0 aromatic carbocycles. The Morgan fingerprint density at radius 3 is 2.54 bits per heavy atom. The van der Waals surface area contributed by atoms with E-state index in [1.54, 1.807) is 24.5 Å². The third-order valence-electron chi connectivity index (χ3n) is 7.09. The van der Waals surface area contributed by atoms with Crippen molar-refractivity contribution < 1.29 is 9.59 Å². The summed E-state index contributed by atoms with van der Waals surface area (Å²) in [5, 5.41) is 0. The zero-order valence-corrected chi connectivity index (χ0v) is 16.6. The van der Waals surface area contributed by atoms with Gasteiger partial charge < -0.3 is 14.7 Å². The summed E-state index contributed by atoms with van der Waals surface area (Å²) in [6.07, 6.45) is 7.53. The Balaban J connectivity index is 1.37. The number of likely N-dealkylation sites (N-methyl/N-ethyl adjacent to an activating group) is 1. The second kappa shape index (κ2) is 6.81. The van der Waals surface area contributed by atoms with E-state index in [-0.39, 0.29) is 17.6 Å². The van der Waals surface area contributed by atoms with Crippen molar-refractivity contribution in [2.24, 2.45) is 5.92 Å². The van der Waals surface area contributed by atoms with Crippen LogP contribution in [0.5, 0.6) is 0 Å². The first-order chi connectivity index (χ1) is 13.6. The molecule has 1 spiro atoms. The lowest BCUT2D eigenvalue weighted by Gasteiger charge is -2.50. The average Bonchev–Trinajstić information content (AvgIpc) is 3.53. The molecule has 4 heterocycles. The van der Waals surface area contributed by atoms with Crippen LogP contribution in [0.2, 0.25) is 0 Å². The van der Waals surface area contributed by atoms with Gasteiger partial charge in [-0.25, -0.2) is 0 Å². The standard InChI is InChI=1S/C21H29N5O2/c1-23-12-13-25-18(15-23)20(28)26(14-16-2-3-16)21(25)6-10-24(11-7-21)19(27)17-4-8-22-9-5-17/h4-5,8-9,16,18H,2-3,6-7,10-15H2,1H3/t18-/m1/s1. The Kier molecular flexibility index (Phi) is 4.39. The van der Waals surface area contributed by atoms with Crippen molar-refractivity contribution in [2.75, 3.05) is 46.3 Å². The first kappa shape index (κ1) is 18.1. The molecule has 1 aromatic rings. The molecule has 150 valence electrons. The van der Waals surface area contributed by atoms with Crippen LogP contribution >= 0.6 is 0 Å². The van der Waals surface area contributed by atoms with Gasteiger partial charge in [-0.15, -0.1) is 0 Å². The number of carbonyl (C=O) groups excluding carboxylic acids is 2. The Hall–Kier alpha value is -1.99. The van der Waals surface area contributed by atoms with Crippen LogP contribution in [0.25, 0.3) is 0 Å². The lowest BCUT2D eigenvalue weighted by atomic mass is 9.92. The molecule has 0 radical (unpaired) electrons. The molecule has 4 aliphatic rings. The van der Waals surface area contributed by atoms with Gasteiger partial charge in [-0.3, -0.25) is 19.5 Å². The van der Waals surface area contributed by atoms with E-state index in [0.29, 0.717) is 30.5 Å². The van der Waals surface area contributed by atoms with Crippen LogP contribution in [-0.4, -0.2) is 94.4 Å². The van der Waals surface area contributed by atoms with Gasteiger partial charge >= 0.3 is 0 Å². The van der Waals surface area contributed by atoms with Crippen LogP contribution in [0, 0.1) is 5.92 Å². The smallest absolute Gasteiger partial charge is 0.253 e. The van der Waals surface area contributed by atoms with Gasteiger partial charge in [0.1, 0.15) is 11.7 Å². The van der Waals surface area contributed by atoms with Crippen molar-refractivity contribution in [2.45, 2.75) is 37.4 Å². The predicted molar refractivity (Wildman–Crippen MR) is 105 cm³/mol. The molecule has 2 amide bonds. The van der Waals surface area contributed by atoms with Crippen molar-refractivity contribution in [1.29, 1.82) is 0 Å². The Bertz CT molecular complexity index is 757. The zero-order chi connectivity index (χ0) is 19.3. The van der Waals surface area contributed by atoms with Gasteiger partial charge in [0, 0.05) is 70.1 Å². The number of hydrogen-bond acceptors (Lipinski definition) is 5. The normalized spacial score (nSPS) is 28.0. The number of pyridine rings is 1. The van der Waals surface area contributed by atoms with Crippen LogP contribution in [-0.2, 0) is 4.79 Å². The molecule has 1 aliphatic carbocycles. The lowest BCUT2D eigenvalue weighted by Crippen LogP contribution is -2.63. The van der Waals surface area contributed by atoms with E-state index in [0.717, 1.165) is 39.0 Å². The largest absolute Gasteiger partial charge is 0.338 e. The van der Waals surface area contributed by atoms with Gasteiger partial charge in [0.25, 0.3) is 5.91 Å². The van der Waals surface area contributed by atoms with E-state index in [9.17, 15) is 9.59 Å². The van der Waals surface area contributed by atoms with Gasteiger partial charge in [0.15, 0.2) is 0 Å². The summed E-state index contributed by atoms with van der Waals surface area (Å²) in [6.45, 7) is 5.06. The number of hydrogen-bond donors (Lipinski definition) is 0. The number of amides is 2. The van der Waals surface area contributed by atoms with Crippen molar-refractivity contribution in [3.05, 3.63) is 30.1 Å². The van der Waals surface area contributed by atoms with Crippen LogP contribution in [0.1, 0.15) is 36.0 Å². The van der Waals surface area contributed by atoms with Gasteiger partial charge in [-0.1, -0.05) is 0 Å². The fourth-order valence-corrected chi connectivity index (χ4v) is 5.29. The van der Waals surface area contributed by atoms with E-state index < -0.39 is 0 Å². The molecule has 5 rings (SSSR count). The van der Waals surface area contributed by atoms with E-state index in [4.69, 9.17) is 0 Å². The molecule has 7 heteroatoms. The number of aromatic nitrogens is 1. The minimum absolute atomic E-state index is 0.0139. The molecule has 3 saturated heterocycles. The molecule has 4 fully saturated rings. The fraction of sp³-hybridized carbons (Fsp3) is 0.667. The second-order valence-electron chi connectivity index (χ2n) is 8.87. The topological polar surface area (TPSA) is 60.0 Å². The van der Waals surface area contributed by atoms with Crippen LogP contribution in [0.4, 0.5) is 0 Å². The summed E-state index contributed by atoms with van der Waals surface area (Å²) < 4.78 is 0. The summed E-state index contributed by atoms with van der Waals surface area (Å²) >= 11 is 0. The summed E-state index contributed by atoms with van der Waals surface area (Å²) in [5.74, 6) is 1.06. The van der Waals surface area contributed by atoms with Crippen molar-refractivity contribution in [1.82, 2.24) is 24.6 Å². The van der Waals surface area contributed by atoms with E-state index in [2.05, 4.69) is 26.7 Å². The minimum Gasteiger partial charge on any atom is -0.338 e.